The van der Waals surface area contributed by atoms with E-state index in [1.807, 2.05) is 31.2 Å². The maximum absolute atomic E-state index is 11.0. The highest BCUT2D eigenvalue weighted by Crippen LogP contribution is 2.24. The summed E-state index contributed by atoms with van der Waals surface area (Å²) in [5, 5.41) is 22.2. The number of H-pyrrole nitrogens is 1. The minimum Gasteiger partial charge on any atom is -0.258 e. The van der Waals surface area contributed by atoms with Gasteiger partial charge in [-0.2, -0.15) is 14.9 Å². The van der Waals surface area contributed by atoms with E-state index in [0.29, 0.717) is 16.2 Å². The van der Waals surface area contributed by atoms with E-state index in [1.54, 1.807) is 6.07 Å². The van der Waals surface area contributed by atoms with Crippen molar-refractivity contribution in [1.82, 2.24) is 14.9 Å². The van der Waals surface area contributed by atoms with Gasteiger partial charge in [0.15, 0.2) is 5.82 Å². The van der Waals surface area contributed by atoms with Crippen LogP contribution in [0.5, 0.6) is 0 Å². The Bertz CT molecular complexity index is 1020. The molecule has 0 aliphatic carbocycles. The summed E-state index contributed by atoms with van der Waals surface area (Å²) < 4.78 is 1.77. The molecule has 1 N–H and O–H groups in total. The number of aryl methyl sites for hydroxylation is 1. The molecule has 0 atom stereocenters. The second kappa shape index (κ2) is 6.96. The second-order valence-corrected chi connectivity index (χ2v) is 6.04. The molecule has 0 fully saturated rings. The Labute approximate surface area is 152 Å². The van der Waals surface area contributed by atoms with Crippen molar-refractivity contribution in [3.05, 3.63) is 73.5 Å². The summed E-state index contributed by atoms with van der Waals surface area (Å²) in [7, 11) is 0. The molecule has 0 saturated carbocycles. The number of benzene rings is 2. The van der Waals surface area contributed by atoms with Crippen molar-refractivity contribution in [3.63, 3.8) is 0 Å². The first-order valence-corrected chi connectivity index (χ1v) is 7.97. The Morgan fingerprint density at radius 2 is 2.04 bits per heavy atom. The molecule has 126 valence electrons. The van der Waals surface area contributed by atoms with Crippen LogP contribution < -0.4 is 0 Å². The highest BCUT2D eigenvalue weighted by molar-refractivity contribution is 7.71. The third-order valence-corrected chi connectivity index (χ3v) is 4.03. The summed E-state index contributed by atoms with van der Waals surface area (Å²) in [5.41, 5.74) is 2.31. The van der Waals surface area contributed by atoms with Gasteiger partial charge in [0, 0.05) is 17.2 Å². The van der Waals surface area contributed by atoms with Gasteiger partial charge in [0.1, 0.15) is 5.02 Å². The second-order valence-electron chi connectivity index (χ2n) is 5.24. The normalized spacial score (nSPS) is 11.1. The molecule has 0 saturated heterocycles. The molecule has 3 rings (SSSR count). The Morgan fingerprint density at radius 1 is 1.32 bits per heavy atom. The topological polar surface area (TPSA) is 89.1 Å². The number of nitro groups is 1. The Hall–Kier alpha value is -2.84. The van der Waals surface area contributed by atoms with Gasteiger partial charge in [-0.3, -0.25) is 10.1 Å². The molecule has 0 bridgehead atoms. The lowest BCUT2D eigenvalue weighted by Crippen LogP contribution is -1.96. The van der Waals surface area contributed by atoms with Crippen molar-refractivity contribution in [2.45, 2.75) is 6.92 Å². The van der Waals surface area contributed by atoms with Gasteiger partial charge in [-0.25, -0.2) is 5.10 Å². The van der Waals surface area contributed by atoms with E-state index in [2.05, 4.69) is 15.3 Å². The number of hydrogen-bond acceptors (Lipinski definition) is 5. The Balaban J connectivity index is 1.99. The first kappa shape index (κ1) is 17.0. The van der Waals surface area contributed by atoms with Crippen molar-refractivity contribution < 1.29 is 4.92 Å². The monoisotopic (exact) mass is 373 g/mol. The van der Waals surface area contributed by atoms with Crippen LogP contribution in [-0.2, 0) is 0 Å². The number of aromatic amines is 1. The van der Waals surface area contributed by atoms with Crippen LogP contribution in [0.3, 0.4) is 0 Å². The van der Waals surface area contributed by atoms with E-state index < -0.39 is 4.92 Å². The van der Waals surface area contributed by atoms with Gasteiger partial charge in [-0.15, -0.1) is 0 Å². The summed E-state index contributed by atoms with van der Waals surface area (Å²) >= 11 is 11.0. The van der Waals surface area contributed by atoms with E-state index in [9.17, 15) is 10.1 Å². The van der Waals surface area contributed by atoms with Gasteiger partial charge >= 0.3 is 0 Å². The molecular weight excluding hydrogens is 362 g/mol. The Kier molecular flexibility index (Phi) is 4.73. The van der Waals surface area contributed by atoms with Gasteiger partial charge < -0.3 is 0 Å². The Morgan fingerprint density at radius 3 is 2.72 bits per heavy atom. The molecule has 0 amide bonds. The minimum atomic E-state index is -0.541. The van der Waals surface area contributed by atoms with Crippen molar-refractivity contribution in [3.8, 4) is 11.4 Å². The summed E-state index contributed by atoms with van der Waals surface area (Å²) in [5.74, 6) is 0.546. The number of aromatic nitrogens is 3. The molecule has 9 heteroatoms. The zero-order valence-electron chi connectivity index (χ0n) is 13.0. The van der Waals surface area contributed by atoms with Crippen LogP contribution in [0.4, 0.5) is 5.69 Å². The number of halogens is 1. The van der Waals surface area contributed by atoms with Crippen molar-refractivity contribution >= 4 is 35.7 Å². The molecule has 0 aliphatic heterocycles. The zero-order valence-corrected chi connectivity index (χ0v) is 14.6. The molecule has 7 nitrogen and oxygen atoms in total. The predicted molar refractivity (Wildman–Crippen MR) is 98.7 cm³/mol. The molecule has 0 unspecified atom stereocenters. The molecule has 0 spiro atoms. The van der Waals surface area contributed by atoms with E-state index in [0.717, 1.165) is 11.1 Å². The highest BCUT2D eigenvalue weighted by atomic mass is 35.5. The van der Waals surface area contributed by atoms with Gasteiger partial charge in [0.25, 0.3) is 5.69 Å². The maximum Gasteiger partial charge on any atom is 0.288 e. The average Bonchev–Trinajstić information content (AvgIpc) is 2.95. The lowest BCUT2D eigenvalue weighted by atomic mass is 10.1. The van der Waals surface area contributed by atoms with Crippen molar-refractivity contribution in [2.24, 2.45) is 5.10 Å². The number of rotatable bonds is 4. The van der Waals surface area contributed by atoms with Gasteiger partial charge in [0.2, 0.25) is 4.77 Å². The first-order chi connectivity index (χ1) is 12.0. The van der Waals surface area contributed by atoms with Crippen molar-refractivity contribution in [1.29, 1.82) is 0 Å². The van der Waals surface area contributed by atoms with Crippen LogP contribution in [-0.4, -0.2) is 26.0 Å². The van der Waals surface area contributed by atoms with Crippen LogP contribution in [0.25, 0.3) is 11.4 Å². The predicted octanol–water partition coefficient (Wildman–Crippen LogP) is 4.36. The third-order valence-electron chi connectivity index (χ3n) is 3.45. The molecule has 1 aromatic heterocycles. The number of hydrogen-bond donors (Lipinski definition) is 1. The highest BCUT2D eigenvalue weighted by Gasteiger charge is 2.12. The van der Waals surface area contributed by atoms with Crippen LogP contribution in [0.1, 0.15) is 11.1 Å². The largest absolute Gasteiger partial charge is 0.288 e. The summed E-state index contributed by atoms with van der Waals surface area (Å²) in [4.78, 5) is 10.4. The van der Waals surface area contributed by atoms with Gasteiger partial charge in [0.05, 0.1) is 11.1 Å². The van der Waals surface area contributed by atoms with E-state index in [-0.39, 0.29) is 10.7 Å². The molecule has 2 aromatic carbocycles. The minimum absolute atomic E-state index is 0.0717. The van der Waals surface area contributed by atoms with E-state index in [4.69, 9.17) is 23.8 Å². The zero-order chi connectivity index (χ0) is 18.0. The van der Waals surface area contributed by atoms with Gasteiger partial charge in [-0.05, 0) is 25.2 Å². The molecule has 0 aliphatic rings. The fraction of sp³-hybridized carbons (Fsp3) is 0.0625. The average molecular weight is 374 g/mol. The quantitative estimate of drug-likeness (QED) is 0.318. The van der Waals surface area contributed by atoms with Crippen LogP contribution in [0.2, 0.25) is 5.02 Å². The van der Waals surface area contributed by atoms with Gasteiger partial charge in [-0.1, -0.05) is 47.5 Å². The molecule has 25 heavy (non-hydrogen) atoms. The third kappa shape index (κ3) is 3.65. The summed E-state index contributed by atoms with van der Waals surface area (Å²) in [6, 6.07) is 12.2. The fourth-order valence-electron chi connectivity index (χ4n) is 2.16. The number of nitrogens with one attached hydrogen (secondary N) is 1. The smallest absolute Gasteiger partial charge is 0.258 e. The summed E-state index contributed by atoms with van der Waals surface area (Å²) in [6.45, 7) is 1.99. The van der Waals surface area contributed by atoms with E-state index >= 15 is 0 Å². The van der Waals surface area contributed by atoms with E-state index in [1.165, 1.54) is 23.0 Å². The van der Waals surface area contributed by atoms with Crippen LogP contribution in [0, 0.1) is 21.8 Å². The summed E-state index contributed by atoms with van der Waals surface area (Å²) in [6.07, 6.45) is 1.46. The fourth-order valence-corrected chi connectivity index (χ4v) is 2.53. The van der Waals surface area contributed by atoms with Crippen molar-refractivity contribution in [2.75, 3.05) is 0 Å². The molecule has 3 aromatic rings. The molecular formula is C16H12ClN5O2S. The van der Waals surface area contributed by atoms with Crippen LogP contribution >= 0.6 is 23.8 Å². The van der Waals surface area contributed by atoms with Crippen LogP contribution in [0.15, 0.2) is 47.6 Å². The molecule has 1 heterocycles. The standard InChI is InChI=1S/C16H12ClN5O2S/c1-10-2-5-12(6-3-10)15-19-20-16(25)21(15)18-9-11-4-7-13(17)14(8-11)22(23)24/h2-9H,1H3,(H,20,25). The SMILES string of the molecule is Cc1ccc(-c2n[nH]c(=S)n2N=Cc2ccc(Cl)c([N+](=O)[O-])c2)cc1. The maximum atomic E-state index is 11.0. The number of nitrogens with zero attached hydrogens (tertiary/aromatic N) is 4. The molecule has 0 radical (unpaired) electrons. The number of nitro benzene ring substituents is 1. The lowest BCUT2D eigenvalue weighted by Gasteiger charge is -2.02. The first-order valence-electron chi connectivity index (χ1n) is 7.18. The lowest BCUT2D eigenvalue weighted by molar-refractivity contribution is -0.384.